The predicted octanol–water partition coefficient (Wildman–Crippen LogP) is 4.26. The molecular formula is C20H18F3NO3. The number of hydrogen-bond acceptors (Lipinski definition) is 3. The number of alkyl halides is 3. The van der Waals surface area contributed by atoms with E-state index in [4.69, 9.17) is 0 Å². The first-order chi connectivity index (χ1) is 12.7. The summed E-state index contributed by atoms with van der Waals surface area (Å²) in [5, 5.41) is 0. The molecular weight excluding hydrogens is 359 g/mol. The third-order valence-corrected chi connectivity index (χ3v) is 4.66. The molecule has 4 nitrogen and oxygen atoms in total. The Hall–Kier alpha value is -2.83. The molecule has 7 heteroatoms. The van der Waals surface area contributed by atoms with Gasteiger partial charge in [-0.25, -0.2) is 0 Å². The van der Waals surface area contributed by atoms with Crippen molar-refractivity contribution in [2.45, 2.75) is 26.6 Å². The number of benzene rings is 2. The third kappa shape index (κ3) is 4.13. The van der Waals surface area contributed by atoms with Gasteiger partial charge in [0.1, 0.15) is 5.75 Å². The Labute approximate surface area is 154 Å². The van der Waals surface area contributed by atoms with Gasteiger partial charge in [-0.3, -0.25) is 14.5 Å². The highest BCUT2D eigenvalue weighted by Crippen LogP contribution is 2.34. The first-order valence-electron chi connectivity index (χ1n) is 8.45. The van der Waals surface area contributed by atoms with Gasteiger partial charge in [-0.05, 0) is 43.2 Å². The average Bonchev–Trinajstić information content (AvgIpc) is 2.80. The van der Waals surface area contributed by atoms with Crippen molar-refractivity contribution in [2.24, 2.45) is 11.8 Å². The standard InChI is InChI=1S/C20H18F3NO3/c1-12-3-5-14(6-4-12)11-17-13(2)18(25)24(19(17)26)15-7-9-16(10-8-15)27-20(21,22)23/h3-10,13,17H,11H2,1-2H3/t13-,17-/m0/s1. The molecule has 0 aromatic heterocycles. The van der Waals surface area contributed by atoms with Gasteiger partial charge in [0.25, 0.3) is 0 Å². The van der Waals surface area contributed by atoms with Gasteiger partial charge < -0.3 is 4.74 Å². The molecule has 0 N–H and O–H groups in total. The van der Waals surface area contributed by atoms with E-state index in [1.54, 1.807) is 6.92 Å². The van der Waals surface area contributed by atoms with Crippen molar-refractivity contribution >= 4 is 17.5 Å². The SMILES string of the molecule is Cc1ccc(C[C@@H]2C(=O)N(c3ccc(OC(F)(F)F)cc3)C(=O)[C@H]2C)cc1. The topological polar surface area (TPSA) is 46.6 Å². The Morgan fingerprint density at radius 3 is 2.11 bits per heavy atom. The molecule has 0 saturated carbocycles. The molecule has 27 heavy (non-hydrogen) atoms. The molecule has 2 aromatic carbocycles. The zero-order valence-electron chi connectivity index (χ0n) is 14.8. The van der Waals surface area contributed by atoms with Crippen molar-refractivity contribution in [3.63, 3.8) is 0 Å². The lowest BCUT2D eigenvalue weighted by molar-refractivity contribution is -0.274. The Morgan fingerprint density at radius 1 is 0.963 bits per heavy atom. The van der Waals surface area contributed by atoms with E-state index in [9.17, 15) is 22.8 Å². The fourth-order valence-electron chi connectivity index (χ4n) is 3.16. The fraction of sp³-hybridized carbons (Fsp3) is 0.300. The minimum Gasteiger partial charge on any atom is -0.406 e. The molecule has 142 valence electrons. The van der Waals surface area contributed by atoms with E-state index in [2.05, 4.69) is 4.74 Å². The largest absolute Gasteiger partial charge is 0.573 e. The number of aryl methyl sites for hydroxylation is 1. The lowest BCUT2D eigenvalue weighted by Gasteiger charge is -2.16. The summed E-state index contributed by atoms with van der Waals surface area (Å²) >= 11 is 0. The minimum absolute atomic E-state index is 0.234. The molecule has 2 atom stereocenters. The summed E-state index contributed by atoms with van der Waals surface area (Å²) < 4.78 is 40.6. The van der Waals surface area contributed by atoms with E-state index in [0.29, 0.717) is 6.42 Å². The van der Waals surface area contributed by atoms with E-state index in [1.807, 2.05) is 31.2 Å². The zero-order chi connectivity index (χ0) is 19.8. The highest BCUT2D eigenvalue weighted by atomic mass is 19.4. The van der Waals surface area contributed by atoms with Crippen LogP contribution in [0.25, 0.3) is 0 Å². The monoisotopic (exact) mass is 377 g/mol. The van der Waals surface area contributed by atoms with Crippen LogP contribution in [-0.2, 0) is 16.0 Å². The van der Waals surface area contributed by atoms with Gasteiger partial charge >= 0.3 is 6.36 Å². The van der Waals surface area contributed by atoms with Crippen LogP contribution in [0.15, 0.2) is 48.5 Å². The molecule has 0 unspecified atom stereocenters. The van der Waals surface area contributed by atoms with Crippen LogP contribution in [0.3, 0.4) is 0 Å². The number of amides is 2. The van der Waals surface area contributed by atoms with Crippen LogP contribution in [0, 0.1) is 18.8 Å². The van der Waals surface area contributed by atoms with Gasteiger partial charge in [0.15, 0.2) is 0 Å². The maximum absolute atomic E-state index is 12.8. The summed E-state index contributed by atoms with van der Waals surface area (Å²) in [6, 6.07) is 12.5. The summed E-state index contributed by atoms with van der Waals surface area (Å²) in [5.74, 6) is -2.13. The van der Waals surface area contributed by atoms with Crippen LogP contribution in [0.2, 0.25) is 0 Å². The molecule has 2 amide bonds. The summed E-state index contributed by atoms with van der Waals surface area (Å²) in [5.41, 5.74) is 2.29. The third-order valence-electron chi connectivity index (χ3n) is 4.66. The van der Waals surface area contributed by atoms with Crippen molar-refractivity contribution in [3.8, 4) is 5.75 Å². The lowest BCUT2D eigenvalue weighted by atomic mass is 9.90. The molecule has 1 aliphatic rings. The molecule has 1 saturated heterocycles. The van der Waals surface area contributed by atoms with Crippen LogP contribution < -0.4 is 9.64 Å². The number of nitrogens with zero attached hydrogens (tertiary/aromatic N) is 1. The Kier molecular flexibility index (Phi) is 4.95. The number of rotatable bonds is 4. The predicted molar refractivity (Wildman–Crippen MR) is 93.2 cm³/mol. The number of carbonyl (C=O) groups is 2. The number of hydrogen-bond donors (Lipinski definition) is 0. The second-order valence-corrected chi connectivity index (χ2v) is 6.64. The molecule has 1 heterocycles. The number of imide groups is 1. The van der Waals surface area contributed by atoms with Crippen LogP contribution in [0.5, 0.6) is 5.75 Å². The summed E-state index contributed by atoms with van der Waals surface area (Å²) in [6.07, 6.45) is -4.37. The maximum atomic E-state index is 12.8. The van der Waals surface area contributed by atoms with E-state index >= 15 is 0 Å². The van der Waals surface area contributed by atoms with E-state index in [-0.39, 0.29) is 17.5 Å². The summed E-state index contributed by atoms with van der Waals surface area (Å²) in [4.78, 5) is 26.4. The lowest BCUT2D eigenvalue weighted by Crippen LogP contribution is -2.31. The molecule has 0 spiro atoms. The maximum Gasteiger partial charge on any atom is 0.573 e. The van der Waals surface area contributed by atoms with Gasteiger partial charge in [-0.15, -0.1) is 13.2 Å². The Bertz CT molecular complexity index is 844. The molecule has 0 radical (unpaired) electrons. The smallest absolute Gasteiger partial charge is 0.406 e. The molecule has 3 rings (SSSR count). The van der Waals surface area contributed by atoms with Crippen molar-refractivity contribution in [2.75, 3.05) is 4.90 Å². The zero-order valence-corrected chi connectivity index (χ0v) is 14.8. The van der Waals surface area contributed by atoms with Gasteiger partial charge in [0.2, 0.25) is 11.8 Å². The van der Waals surface area contributed by atoms with Gasteiger partial charge in [0.05, 0.1) is 11.6 Å². The van der Waals surface area contributed by atoms with Crippen LogP contribution >= 0.6 is 0 Å². The van der Waals surface area contributed by atoms with E-state index < -0.39 is 23.9 Å². The molecule has 1 fully saturated rings. The van der Waals surface area contributed by atoms with Gasteiger partial charge in [-0.1, -0.05) is 36.8 Å². The normalized spacial score (nSPS) is 20.3. The van der Waals surface area contributed by atoms with Crippen molar-refractivity contribution in [1.82, 2.24) is 0 Å². The fourth-order valence-corrected chi connectivity index (χ4v) is 3.16. The Balaban J connectivity index is 1.79. The quantitative estimate of drug-likeness (QED) is 0.748. The van der Waals surface area contributed by atoms with Crippen LogP contribution in [0.4, 0.5) is 18.9 Å². The van der Waals surface area contributed by atoms with Gasteiger partial charge in [0, 0.05) is 5.92 Å². The first kappa shape index (κ1) is 18.9. The molecule has 1 aliphatic heterocycles. The highest BCUT2D eigenvalue weighted by molar-refractivity contribution is 6.22. The van der Waals surface area contributed by atoms with Crippen molar-refractivity contribution < 1.29 is 27.5 Å². The first-order valence-corrected chi connectivity index (χ1v) is 8.45. The Morgan fingerprint density at radius 2 is 1.56 bits per heavy atom. The number of anilines is 1. The van der Waals surface area contributed by atoms with Crippen molar-refractivity contribution in [1.29, 1.82) is 0 Å². The summed E-state index contributed by atoms with van der Waals surface area (Å²) in [7, 11) is 0. The average molecular weight is 377 g/mol. The van der Waals surface area contributed by atoms with Gasteiger partial charge in [-0.2, -0.15) is 0 Å². The number of carbonyl (C=O) groups excluding carboxylic acids is 2. The minimum atomic E-state index is -4.80. The molecule has 0 aliphatic carbocycles. The van der Waals surface area contributed by atoms with Crippen LogP contribution in [0.1, 0.15) is 18.1 Å². The van der Waals surface area contributed by atoms with E-state index in [0.717, 1.165) is 28.2 Å². The highest BCUT2D eigenvalue weighted by Gasteiger charge is 2.45. The second kappa shape index (κ2) is 7.06. The molecule has 0 bridgehead atoms. The number of halogens is 3. The van der Waals surface area contributed by atoms with Crippen molar-refractivity contribution in [3.05, 3.63) is 59.7 Å². The summed E-state index contributed by atoms with van der Waals surface area (Å²) in [6.45, 7) is 3.66. The number of ether oxygens (including phenoxy) is 1. The molecule has 2 aromatic rings. The van der Waals surface area contributed by atoms with E-state index in [1.165, 1.54) is 12.1 Å². The second-order valence-electron chi connectivity index (χ2n) is 6.64. The van der Waals surface area contributed by atoms with Crippen LogP contribution in [-0.4, -0.2) is 18.2 Å².